The van der Waals surface area contributed by atoms with Crippen molar-refractivity contribution in [1.82, 2.24) is 15.5 Å². The number of hydrogen-bond donors (Lipinski definition) is 2. The van der Waals surface area contributed by atoms with Gasteiger partial charge in [0.05, 0.1) is 11.0 Å². The Balaban J connectivity index is 1.79. The molecule has 2 rings (SSSR count). The summed E-state index contributed by atoms with van der Waals surface area (Å²) in [4.78, 5) is 22.9. The number of nitrogens with one attached hydrogen (secondary N) is 1. The third-order valence-corrected chi connectivity index (χ3v) is 6.59. The maximum atomic E-state index is 12.2. The van der Waals surface area contributed by atoms with Gasteiger partial charge in [-0.3, -0.25) is 9.59 Å². The van der Waals surface area contributed by atoms with Gasteiger partial charge in [0.1, 0.15) is 0 Å². The van der Waals surface area contributed by atoms with E-state index in [0.717, 1.165) is 17.2 Å². The summed E-state index contributed by atoms with van der Waals surface area (Å²) < 4.78 is 1.43. The van der Waals surface area contributed by atoms with Gasteiger partial charge in [0.25, 0.3) is 0 Å². The lowest BCUT2D eigenvalue weighted by molar-refractivity contribution is -0.121. The van der Waals surface area contributed by atoms with E-state index in [4.69, 9.17) is 5.73 Å². The number of hydrogen-bond acceptors (Lipinski definition) is 7. The Labute approximate surface area is 142 Å². The highest BCUT2D eigenvalue weighted by Crippen LogP contribution is 2.31. The first-order valence-corrected chi connectivity index (χ1v) is 9.94. The Kier molecular flexibility index (Phi) is 6.97. The number of carbonyl (C=O) groups is 2. The second-order valence-electron chi connectivity index (χ2n) is 5.19. The van der Waals surface area contributed by atoms with Crippen LogP contribution in [0.3, 0.4) is 0 Å². The van der Waals surface area contributed by atoms with Crippen molar-refractivity contribution in [2.75, 3.05) is 5.75 Å². The van der Waals surface area contributed by atoms with Crippen molar-refractivity contribution in [3.8, 4) is 0 Å². The van der Waals surface area contributed by atoms with E-state index in [-0.39, 0.29) is 22.8 Å². The number of primary amides is 1. The zero-order valence-electron chi connectivity index (χ0n) is 12.4. The van der Waals surface area contributed by atoms with E-state index in [9.17, 15) is 9.59 Å². The fourth-order valence-corrected chi connectivity index (χ4v) is 5.12. The van der Waals surface area contributed by atoms with Gasteiger partial charge >= 0.3 is 0 Å². The molecule has 0 saturated heterocycles. The molecule has 1 aromatic rings. The predicted octanol–water partition coefficient (Wildman–Crippen LogP) is 2.04. The molecular formula is C13H20N4O2S3. The third kappa shape index (κ3) is 5.77. The minimum atomic E-state index is -0.380. The quantitative estimate of drug-likeness (QED) is 0.722. The zero-order chi connectivity index (χ0) is 15.9. The van der Waals surface area contributed by atoms with Crippen LogP contribution in [0.5, 0.6) is 0 Å². The fourth-order valence-electron chi connectivity index (χ4n) is 2.21. The molecule has 1 fully saturated rings. The molecule has 1 unspecified atom stereocenters. The molecule has 2 amide bonds. The second-order valence-corrected chi connectivity index (χ2v) is 8.98. The molecule has 3 N–H and O–H groups in total. The molecule has 1 aliphatic rings. The van der Waals surface area contributed by atoms with E-state index in [1.54, 1.807) is 0 Å². The molecule has 1 saturated carbocycles. The Morgan fingerprint density at radius 1 is 1.32 bits per heavy atom. The summed E-state index contributed by atoms with van der Waals surface area (Å²) in [5, 5.41) is 10.9. The highest BCUT2D eigenvalue weighted by atomic mass is 32.2. The molecule has 0 spiro atoms. The van der Waals surface area contributed by atoms with Gasteiger partial charge < -0.3 is 11.1 Å². The van der Waals surface area contributed by atoms with Gasteiger partial charge in [-0.05, 0) is 19.8 Å². The van der Waals surface area contributed by atoms with Crippen molar-refractivity contribution in [3.63, 3.8) is 0 Å². The van der Waals surface area contributed by atoms with Crippen molar-refractivity contribution in [1.29, 1.82) is 0 Å². The lowest BCUT2D eigenvalue weighted by Crippen LogP contribution is -2.40. The van der Waals surface area contributed by atoms with Crippen LogP contribution >= 0.6 is 34.9 Å². The molecule has 1 atom stereocenters. The average Bonchev–Trinajstić information content (AvgIpc) is 2.93. The van der Waals surface area contributed by atoms with Crippen LogP contribution in [0.1, 0.15) is 39.0 Å². The van der Waals surface area contributed by atoms with E-state index in [0.29, 0.717) is 10.4 Å². The molecule has 0 aliphatic heterocycles. The molecule has 22 heavy (non-hydrogen) atoms. The number of rotatable bonds is 7. The summed E-state index contributed by atoms with van der Waals surface area (Å²) >= 11 is 4.05. The molecule has 0 bridgehead atoms. The summed E-state index contributed by atoms with van der Waals surface area (Å²) in [5.41, 5.74) is 5.09. The van der Waals surface area contributed by atoms with Crippen LogP contribution in [0, 0.1) is 0 Å². The van der Waals surface area contributed by atoms with Gasteiger partial charge in [0.2, 0.25) is 11.8 Å². The van der Waals surface area contributed by atoms with Crippen molar-refractivity contribution >= 4 is 46.7 Å². The van der Waals surface area contributed by atoms with Gasteiger partial charge in [-0.25, -0.2) is 0 Å². The Morgan fingerprint density at radius 2 is 2.00 bits per heavy atom. The van der Waals surface area contributed by atoms with Crippen LogP contribution in [0.15, 0.2) is 8.68 Å². The summed E-state index contributed by atoms with van der Waals surface area (Å²) in [7, 11) is 0. The van der Waals surface area contributed by atoms with Crippen LogP contribution in [-0.4, -0.2) is 39.1 Å². The minimum absolute atomic E-state index is 0.0541. The monoisotopic (exact) mass is 360 g/mol. The van der Waals surface area contributed by atoms with Crippen molar-refractivity contribution < 1.29 is 9.59 Å². The molecule has 122 valence electrons. The van der Waals surface area contributed by atoms with Crippen LogP contribution in [0.2, 0.25) is 0 Å². The fraction of sp³-hybridized carbons (Fsp3) is 0.692. The Bertz CT molecular complexity index is 517. The van der Waals surface area contributed by atoms with E-state index in [1.165, 1.54) is 54.1 Å². The molecule has 1 aromatic heterocycles. The maximum absolute atomic E-state index is 12.2. The number of nitrogens with zero attached hydrogens (tertiary/aromatic N) is 2. The predicted molar refractivity (Wildman–Crippen MR) is 90.2 cm³/mol. The first-order valence-electron chi connectivity index (χ1n) is 7.26. The molecule has 6 nitrogen and oxygen atoms in total. The minimum Gasteiger partial charge on any atom is -0.369 e. The lowest BCUT2D eigenvalue weighted by atomic mass is 9.95. The summed E-state index contributed by atoms with van der Waals surface area (Å²) in [6.45, 7) is 1.88. The molecule has 0 aromatic carbocycles. The number of thioether (sulfide) groups is 2. The van der Waals surface area contributed by atoms with Crippen molar-refractivity contribution in [3.05, 3.63) is 0 Å². The molecule has 9 heteroatoms. The van der Waals surface area contributed by atoms with Gasteiger partial charge in [0, 0.05) is 6.04 Å². The van der Waals surface area contributed by atoms with Crippen molar-refractivity contribution in [2.24, 2.45) is 5.73 Å². The zero-order valence-corrected chi connectivity index (χ0v) is 14.9. The van der Waals surface area contributed by atoms with Crippen molar-refractivity contribution in [2.45, 2.75) is 59.0 Å². The number of nitrogens with two attached hydrogens (primary N) is 1. The maximum Gasteiger partial charge on any atom is 0.233 e. The van der Waals surface area contributed by atoms with E-state index < -0.39 is 0 Å². The van der Waals surface area contributed by atoms with Crippen LogP contribution < -0.4 is 11.1 Å². The molecule has 1 heterocycles. The van der Waals surface area contributed by atoms with Gasteiger partial charge in [-0.2, -0.15) is 0 Å². The first-order chi connectivity index (χ1) is 10.5. The Hall–Kier alpha value is -0.800. The average molecular weight is 361 g/mol. The molecule has 0 radical (unpaired) electrons. The Morgan fingerprint density at radius 3 is 2.68 bits per heavy atom. The standard InChI is InChI=1S/C13H20N4O2S3/c1-8(11(19)15-9-5-3-2-4-6-9)21-13-17-16-12(22-13)20-7-10(14)18/h8-9H,2-7H2,1H3,(H2,14,18)(H,15,19). The smallest absolute Gasteiger partial charge is 0.233 e. The van der Waals surface area contributed by atoms with E-state index >= 15 is 0 Å². The summed E-state index contributed by atoms with van der Waals surface area (Å²) in [6.07, 6.45) is 5.82. The SMILES string of the molecule is CC(Sc1nnc(SCC(N)=O)s1)C(=O)NC1CCCCC1. The van der Waals surface area contributed by atoms with Gasteiger partial charge in [-0.15, -0.1) is 10.2 Å². The molecule has 1 aliphatic carbocycles. The lowest BCUT2D eigenvalue weighted by Gasteiger charge is -2.24. The summed E-state index contributed by atoms with van der Waals surface area (Å²) in [5.74, 6) is -0.134. The van der Waals surface area contributed by atoms with E-state index in [1.807, 2.05) is 6.92 Å². The normalized spacial score (nSPS) is 17.1. The third-order valence-electron chi connectivity index (χ3n) is 3.32. The largest absolute Gasteiger partial charge is 0.369 e. The van der Waals surface area contributed by atoms with Crippen LogP contribution in [0.25, 0.3) is 0 Å². The highest BCUT2D eigenvalue weighted by molar-refractivity contribution is 8.04. The number of aromatic nitrogens is 2. The van der Waals surface area contributed by atoms with Gasteiger partial charge in [0.15, 0.2) is 8.68 Å². The van der Waals surface area contributed by atoms with Crippen LogP contribution in [-0.2, 0) is 9.59 Å². The second kappa shape index (κ2) is 8.73. The first kappa shape index (κ1) is 17.6. The van der Waals surface area contributed by atoms with E-state index in [2.05, 4.69) is 15.5 Å². The summed E-state index contributed by atoms with van der Waals surface area (Å²) in [6, 6.07) is 0.320. The van der Waals surface area contributed by atoms with Gasteiger partial charge in [-0.1, -0.05) is 54.1 Å². The molecular weight excluding hydrogens is 340 g/mol. The highest BCUT2D eigenvalue weighted by Gasteiger charge is 2.21. The number of carbonyl (C=O) groups excluding carboxylic acids is 2. The topological polar surface area (TPSA) is 98.0 Å². The van der Waals surface area contributed by atoms with Crippen LogP contribution in [0.4, 0.5) is 0 Å². The number of amides is 2.